The number of benzene rings is 1. The summed E-state index contributed by atoms with van der Waals surface area (Å²) in [6.07, 6.45) is 2.26. The van der Waals surface area contributed by atoms with Gasteiger partial charge in [0.15, 0.2) is 0 Å². The number of unbranched alkanes of at least 4 members (excludes halogenated alkanes) is 1. The van der Waals surface area contributed by atoms with Gasteiger partial charge >= 0.3 is 5.97 Å². The van der Waals surface area contributed by atoms with Crippen molar-refractivity contribution < 1.29 is 33.2 Å². The Morgan fingerprint density at radius 1 is 0.750 bits per heavy atom. The number of carbonyl (C=O) groups is 1. The Balaban J connectivity index is 1.87. The number of alkyl halides is 1. The molecule has 184 valence electrons. The van der Waals surface area contributed by atoms with Crippen molar-refractivity contribution in [1.82, 2.24) is 0 Å². The molecule has 1 N–H and O–H groups in total. The first-order valence-electron chi connectivity index (χ1n) is 11.2. The smallest absolute Gasteiger partial charge is 0.338 e. The summed E-state index contributed by atoms with van der Waals surface area (Å²) in [6, 6.07) is 7.31. The molecule has 8 nitrogen and oxygen atoms in total. The first kappa shape index (κ1) is 29.1. The average Bonchev–Trinajstić information content (AvgIpc) is 2.81. The average molecular weight is 567 g/mol. The van der Waals surface area contributed by atoms with E-state index in [2.05, 4.69) is 34.8 Å². The summed E-state index contributed by atoms with van der Waals surface area (Å²) in [6.45, 7) is 8.61. The van der Waals surface area contributed by atoms with Crippen LogP contribution in [0.5, 0.6) is 0 Å². The minimum atomic E-state index is -0.348. The fraction of sp³-hybridized carbons (Fsp3) is 0.696. The van der Waals surface area contributed by atoms with Crippen LogP contribution >= 0.6 is 22.6 Å². The molecule has 0 aromatic heterocycles. The molecule has 0 aliphatic rings. The van der Waals surface area contributed by atoms with Gasteiger partial charge in [0.05, 0.1) is 71.6 Å². The Hall–Kier alpha value is -0.980. The molecule has 0 atom stereocenters. The van der Waals surface area contributed by atoms with E-state index >= 15 is 0 Å². The highest BCUT2D eigenvalue weighted by atomic mass is 127. The largest absolute Gasteiger partial charge is 0.460 e. The lowest BCUT2D eigenvalue weighted by Gasteiger charge is -2.09. The standard InChI is InChI=1S/C23H38INO7/c1-2-3-9-25-22-6-4-21(5-7-22)23(26)32-20-19-31-18-17-30-16-15-29-14-13-28-12-11-27-10-8-24/h4-7,25H,2-3,8-20H2,1H3. The Labute approximate surface area is 205 Å². The van der Waals surface area contributed by atoms with Crippen molar-refractivity contribution in [3.63, 3.8) is 0 Å². The molecule has 0 spiro atoms. The monoisotopic (exact) mass is 567 g/mol. The zero-order valence-corrected chi connectivity index (χ0v) is 21.3. The minimum absolute atomic E-state index is 0.210. The van der Waals surface area contributed by atoms with Crippen LogP contribution in [-0.4, -0.2) is 89.6 Å². The zero-order valence-electron chi connectivity index (χ0n) is 19.2. The summed E-state index contributed by atoms with van der Waals surface area (Å²) in [7, 11) is 0. The normalized spacial score (nSPS) is 10.9. The summed E-state index contributed by atoms with van der Waals surface area (Å²) in [5.41, 5.74) is 1.54. The number of ether oxygens (including phenoxy) is 6. The van der Waals surface area contributed by atoms with Crippen molar-refractivity contribution in [3.05, 3.63) is 29.8 Å². The van der Waals surface area contributed by atoms with Crippen LogP contribution in [0.15, 0.2) is 24.3 Å². The fourth-order valence-corrected chi connectivity index (χ4v) is 2.76. The van der Waals surface area contributed by atoms with Crippen LogP contribution < -0.4 is 5.32 Å². The molecule has 0 fully saturated rings. The number of carbonyl (C=O) groups excluding carboxylic acids is 1. The topological polar surface area (TPSA) is 84.5 Å². The molecule has 0 radical (unpaired) electrons. The predicted octanol–water partition coefficient (Wildman–Crippen LogP) is 3.57. The molecule has 0 heterocycles. The quantitative estimate of drug-likeness (QED) is 0.0986. The fourth-order valence-electron chi connectivity index (χ4n) is 2.45. The summed E-state index contributed by atoms with van der Waals surface area (Å²) >= 11 is 2.27. The zero-order chi connectivity index (χ0) is 23.1. The van der Waals surface area contributed by atoms with Gasteiger partial charge in [0.25, 0.3) is 0 Å². The SMILES string of the molecule is CCCCNc1ccc(C(=O)OCCOCCOCCOCCOCCOCCI)cc1. The number of anilines is 1. The van der Waals surface area contributed by atoms with Gasteiger partial charge in [0.1, 0.15) is 6.61 Å². The first-order chi connectivity index (χ1) is 15.8. The maximum absolute atomic E-state index is 12.0. The van der Waals surface area contributed by atoms with Gasteiger partial charge < -0.3 is 33.7 Å². The van der Waals surface area contributed by atoms with Crippen molar-refractivity contribution >= 4 is 34.2 Å². The Morgan fingerprint density at radius 2 is 1.22 bits per heavy atom. The van der Waals surface area contributed by atoms with Gasteiger partial charge in [-0.2, -0.15) is 0 Å². The van der Waals surface area contributed by atoms with Crippen LogP contribution in [0.2, 0.25) is 0 Å². The van der Waals surface area contributed by atoms with Crippen LogP contribution in [0.3, 0.4) is 0 Å². The van der Waals surface area contributed by atoms with Gasteiger partial charge in [-0.05, 0) is 30.7 Å². The van der Waals surface area contributed by atoms with Crippen molar-refractivity contribution in [2.75, 3.05) is 89.0 Å². The molecule has 0 unspecified atom stereocenters. The summed E-state index contributed by atoms with van der Waals surface area (Å²) in [5.74, 6) is -0.348. The highest BCUT2D eigenvalue weighted by molar-refractivity contribution is 14.1. The van der Waals surface area contributed by atoms with E-state index < -0.39 is 0 Å². The molecule has 0 aliphatic heterocycles. The lowest BCUT2D eigenvalue weighted by atomic mass is 10.2. The minimum Gasteiger partial charge on any atom is -0.460 e. The molecule has 1 rings (SSSR count). The van der Waals surface area contributed by atoms with Crippen LogP contribution in [0.25, 0.3) is 0 Å². The number of esters is 1. The Kier molecular flexibility index (Phi) is 19.8. The van der Waals surface area contributed by atoms with Crippen molar-refractivity contribution in [1.29, 1.82) is 0 Å². The third-order valence-electron chi connectivity index (χ3n) is 4.15. The maximum Gasteiger partial charge on any atom is 0.338 e. The van der Waals surface area contributed by atoms with Gasteiger partial charge in [0.2, 0.25) is 0 Å². The Bertz CT molecular complexity index is 560. The highest BCUT2D eigenvalue weighted by Crippen LogP contribution is 2.10. The second-order valence-electron chi connectivity index (χ2n) is 6.74. The van der Waals surface area contributed by atoms with E-state index in [0.717, 1.165) is 36.1 Å². The van der Waals surface area contributed by atoms with E-state index in [0.29, 0.717) is 65.0 Å². The number of hydrogen-bond acceptors (Lipinski definition) is 8. The van der Waals surface area contributed by atoms with Gasteiger partial charge in [-0.3, -0.25) is 0 Å². The molecular weight excluding hydrogens is 529 g/mol. The van der Waals surface area contributed by atoms with E-state index in [1.807, 2.05) is 12.1 Å². The van der Waals surface area contributed by atoms with Crippen molar-refractivity contribution in [3.8, 4) is 0 Å². The lowest BCUT2D eigenvalue weighted by molar-refractivity contribution is -0.0144. The van der Waals surface area contributed by atoms with E-state index in [-0.39, 0.29) is 12.6 Å². The second kappa shape index (κ2) is 21.8. The second-order valence-corrected chi connectivity index (χ2v) is 7.82. The summed E-state index contributed by atoms with van der Waals surface area (Å²) < 4.78 is 33.1. The first-order valence-corrected chi connectivity index (χ1v) is 12.8. The van der Waals surface area contributed by atoms with Crippen LogP contribution in [0.4, 0.5) is 5.69 Å². The molecule has 0 aliphatic carbocycles. The molecular formula is C23H38INO7. The number of rotatable bonds is 22. The molecule has 1 aromatic carbocycles. The summed E-state index contributed by atoms with van der Waals surface area (Å²) in [5, 5.41) is 3.31. The third kappa shape index (κ3) is 16.6. The van der Waals surface area contributed by atoms with Crippen molar-refractivity contribution in [2.45, 2.75) is 19.8 Å². The number of nitrogens with one attached hydrogen (secondary N) is 1. The molecule has 0 bridgehead atoms. The van der Waals surface area contributed by atoms with Gasteiger partial charge in [-0.25, -0.2) is 4.79 Å². The predicted molar refractivity (Wildman–Crippen MR) is 133 cm³/mol. The third-order valence-corrected chi connectivity index (χ3v) is 4.59. The van der Waals surface area contributed by atoms with E-state index in [1.165, 1.54) is 0 Å². The van der Waals surface area contributed by atoms with E-state index in [9.17, 15) is 4.79 Å². The Morgan fingerprint density at radius 3 is 1.69 bits per heavy atom. The number of hydrogen-bond donors (Lipinski definition) is 1. The lowest BCUT2D eigenvalue weighted by Crippen LogP contribution is -2.15. The number of halogens is 1. The molecule has 9 heteroatoms. The van der Waals surface area contributed by atoms with Crippen LogP contribution in [-0.2, 0) is 28.4 Å². The molecule has 0 saturated heterocycles. The van der Waals surface area contributed by atoms with E-state index in [1.54, 1.807) is 12.1 Å². The van der Waals surface area contributed by atoms with Crippen LogP contribution in [0, 0.1) is 0 Å². The molecule has 32 heavy (non-hydrogen) atoms. The molecule has 0 amide bonds. The van der Waals surface area contributed by atoms with Gasteiger partial charge in [-0.15, -0.1) is 0 Å². The highest BCUT2D eigenvalue weighted by Gasteiger charge is 2.06. The summed E-state index contributed by atoms with van der Waals surface area (Å²) in [4.78, 5) is 12.0. The maximum atomic E-state index is 12.0. The molecule has 0 saturated carbocycles. The van der Waals surface area contributed by atoms with Crippen molar-refractivity contribution in [2.24, 2.45) is 0 Å². The molecule has 1 aromatic rings. The van der Waals surface area contributed by atoms with E-state index in [4.69, 9.17) is 28.4 Å². The van der Waals surface area contributed by atoms with Crippen LogP contribution in [0.1, 0.15) is 30.1 Å². The van der Waals surface area contributed by atoms with Gasteiger partial charge in [0, 0.05) is 16.7 Å². The van der Waals surface area contributed by atoms with Gasteiger partial charge in [-0.1, -0.05) is 35.9 Å².